The molecule has 6 rings (SSSR count). The van der Waals surface area contributed by atoms with E-state index in [9.17, 15) is 19.2 Å². The Bertz CT molecular complexity index is 1550. The van der Waals surface area contributed by atoms with Crippen molar-refractivity contribution in [2.24, 2.45) is 17.3 Å². The van der Waals surface area contributed by atoms with Gasteiger partial charge >= 0.3 is 0 Å². The van der Waals surface area contributed by atoms with Crippen LogP contribution in [0.5, 0.6) is 0 Å². The number of carbonyl (C=O) groups is 4. The fraction of sp³-hybridized carbons (Fsp3) is 0.267. The van der Waals surface area contributed by atoms with Crippen molar-refractivity contribution in [3.63, 3.8) is 0 Å². The number of rotatable bonds is 3. The number of aryl methyl sites for hydroxylation is 1. The Balaban J connectivity index is 1.61. The van der Waals surface area contributed by atoms with E-state index in [-0.39, 0.29) is 23.1 Å². The third kappa shape index (κ3) is 2.85. The molecule has 4 atom stereocenters. The quantitative estimate of drug-likeness (QED) is 0.316. The number of amides is 3. The van der Waals surface area contributed by atoms with Crippen LogP contribution in [-0.4, -0.2) is 30.6 Å². The van der Waals surface area contributed by atoms with Crippen molar-refractivity contribution in [1.29, 1.82) is 0 Å². The van der Waals surface area contributed by atoms with Gasteiger partial charge in [0.15, 0.2) is 5.78 Å². The fourth-order valence-corrected chi connectivity index (χ4v) is 7.54. The molecule has 192 valence electrons. The lowest BCUT2D eigenvalue weighted by atomic mass is 9.57. The van der Waals surface area contributed by atoms with E-state index in [2.05, 4.69) is 0 Å². The summed E-state index contributed by atoms with van der Waals surface area (Å²) in [5.41, 5.74) is -0.509. The summed E-state index contributed by atoms with van der Waals surface area (Å²) >= 11 is 12.6. The Morgan fingerprint density at radius 2 is 1.61 bits per heavy atom. The number of hydrogen-bond acceptors (Lipinski definition) is 4. The number of hydrogen-bond donors (Lipinski definition) is 0. The average Bonchev–Trinajstić information content (AvgIpc) is 3.39. The Morgan fingerprint density at radius 3 is 2.29 bits per heavy atom. The molecule has 3 aliphatic rings. The van der Waals surface area contributed by atoms with Crippen molar-refractivity contribution in [3.05, 3.63) is 93.5 Å². The first-order valence-corrected chi connectivity index (χ1v) is 13.1. The van der Waals surface area contributed by atoms with Crippen LogP contribution in [0.4, 0.5) is 11.4 Å². The number of imide groups is 1. The molecule has 38 heavy (non-hydrogen) atoms. The zero-order valence-corrected chi connectivity index (χ0v) is 22.5. The van der Waals surface area contributed by atoms with E-state index in [0.717, 1.165) is 4.90 Å². The molecule has 1 saturated carbocycles. The summed E-state index contributed by atoms with van der Waals surface area (Å²) in [5.74, 6) is -3.45. The molecule has 3 aromatic rings. The van der Waals surface area contributed by atoms with Crippen molar-refractivity contribution in [3.8, 4) is 0 Å². The van der Waals surface area contributed by atoms with Crippen LogP contribution < -0.4 is 9.80 Å². The highest BCUT2D eigenvalue weighted by Gasteiger charge is 2.80. The summed E-state index contributed by atoms with van der Waals surface area (Å²) < 4.78 is 0. The van der Waals surface area contributed by atoms with E-state index >= 15 is 0 Å². The molecule has 2 heterocycles. The average molecular weight is 547 g/mol. The number of fused-ring (bicyclic) bond motifs is 4. The largest absolute Gasteiger partial charge is 0.314 e. The number of para-hydroxylation sites is 2. The van der Waals surface area contributed by atoms with Gasteiger partial charge in [-0.3, -0.25) is 19.2 Å². The second-order valence-electron chi connectivity index (χ2n) is 10.5. The molecule has 0 radical (unpaired) electrons. The lowest BCUT2D eigenvalue weighted by Gasteiger charge is -2.40. The lowest BCUT2D eigenvalue weighted by molar-refractivity contribution is -0.138. The number of likely N-dealkylation sites (N-methyl/N-ethyl adjacent to an activating group) is 1. The lowest BCUT2D eigenvalue weighted by Crippen LogP contribution is -2.57. The number of anilines is 2. The summed E-state index contributed by atoms with van der Waals surface area (Å²) in [6, 6.07) is 18.9. The normalized spacial score (nSPS) is 27.9. The molecule has 3 amide bonds. The van der Waals surface area contributed by atoms with Crippen molar-refractivity contribution < 1.29 is 19.2 Å². The van der Waals surface area contributed by atoms with Gasteiger partial charge in [-0.05, 0) is 67.8 Å². The first kappa shape index (κ1) is 24.8. The van der Waals surface area contributed by atoms with Gasteiger partial charge < -0.3 is 4.90 Å². The number of ketones is 1. The Kier molecular flexibility index (Phi) is 5.40. The van der Waals surface area contributed by atoms with Crippen molar-refractivity contribution in [2.45, 2.75) is 25.7 Å². The molecule has 3 aromatic carbocycles. The third-order valence-electron chi connectivity index (χ3n) is 8.87. The van der Waals surface area contributed by atoms with Crippen LogP contribution in [-0.2, 0) is 19.8 Å². The summed E-state index contributed by atoms with van der Waals surface area (Å²) in [6.07, 6.45) is 0.0520. The zero-order valence-electron chi connectivity index (χ0n) is 21.0. The van der Waals surface area contributed by atoms with Crippen LogP contribution in [0, 0.1) is 24.2 Å². The van der Waals surface area contributed by atoms with Crippen LogP contribution in [0.3, 0.4) is 0 Å². The molecule has 0 unspecified atom stereocenters. The predicted molar refractivity (Wildman–Crippen MR) is 146 cm³/mol. The Hall–Kier alpha value is -3.48. The predicted octanol–water partition coefficient (Wildman–Crippen LogP) is 5.61. The Morgan fingerprint density at radius 1 is 0.921 bits per heavy atom. The molecular formula is C30H24Cl2N2O4. The minimum absolute atomic E-state index is 0.0520. The Labute approximate surface area is 230 Å². The topological polar surface area (TPSA) is 74.8 Å². The van der Waals surface area contributed by atoms with E-state index in [0.29, 0.717) is 33.1 Å². The maximum Gasteiger partial charge on any atom is 0.242 e. The molecule has 0 aromatic heterocycles. The van der Waals surface area contributed by atoms with Crippen molar-refractivity contribution in [2.75, 3.05) is 16.8 Å². The van der Waals surface area contributed by atoms with Crippen molar-refractivity contribution in [1.82, 2.24) is 0 Å². The third-order valence-corrected chi connectivity index (χ3v) is 9.42. The van der Waals surface area contributed by atoms with E-state index in [1.54, 1.807) is 81.6 Å². The van der Waals surface area contributed by atoms with Crippen LogP contribution in [0.1, 0.15) is 34.8 Å². The first-order chi connectivity index (χ1) is 18.1. The molecule has 6 nitrogen and oxygen atoms in total. The van der Waals surface area contributed by atoms with Gasteiger partial charge in [-0.1, -0.05) is 53.5 Å². The first-order valence-electron chi connectivity index (χ1n) is 12.4. The molecule has 8 heteroatoms. The molecular weight excluding hydrogens is 523 g/mol. The molecule has 1 aliphatic carbocycles. The van der Waals surface area contributed by atoms with Gasteiger partial charge in [0.1, 0.15) is 5.41 Å². The van der Waals surface area contributed by atoms with E-state index < -0.39 is 34.5 Å². The summed E-state index contributed by atoms with van der Waals surface area (Å²) in [5, 5.41) is 0.748. The van der Waals surface area contributed by atoms with Gasteiger partial charge in [-0.15, -0.1) is 0 Å². The molecule has 0 N–H and O–H groups in total. The van der Waals surface area contributed by atoms with Gasteiger partial charge in [0.2, 0.25) is 17.7 Å². The van der Waals surface area contributed by atoms with Crippen LogP contribution in [0.25, 0.3) is 0 Å². The number of Topliss-reactive ketones (excluding diaryl/α,β-unsaturated/α-hetero) is 1. The molecule has 0 bridgehead atoms. The van der Waals surface area contributed by atoms with Crippen LogP contribution >= 0.6 is 23.2 Å². The SMILES string of the molecule is Cc1cccc(Cl)c1N1C(=O)[C@@H]2C[C@H](C(=O)c3ccc(Cl)cc3)[C@]3(C(=O)N(C)c4ccccc43)[C@]2(C)C1=O. The smallest absolute Gasteiger partial charge is 0.242 e. The van der Waals surface area contributed by atoms with Crippen molar-refractivity contribution >= 4 is 58.1 Å². The second kappa shape index (κ2) is 8.26. The monoisotopic (exact) mass is 546 g/mol. The highest BCUT2D eigenvalue weighted by molar-refractivity contribution is 6.37. The van der Waals surface area contributed by atoms with Crippen LogP contribution in [0.15, 0.2) is 66.7 Å². The van der Waals surface area contributed by atoms with Gasteiger partial charge in [-0.25, -0.2) is 4.90 Å². The number of nitrogens with zero attached hydrogens (tertiary/aromatic N) is 2. The van der Waals surface area contributed by atoms with Crippen LogP contribution in [0.2, 0.25) is 10.0 Å². The van der Waals surface area contributed by atoms with Gasteiger partial charge in [0.25, 0.3) is 0 Å². The number of halogens is 2. The summed E-state index contributed by atoms with van der Waals surface area (Å²) in [6.45, 7) is 3.46. The number of carbonyl (C=O) groups excluding carboxylic acids is 4. The summed E-state index contributed by atoms with van der Waals surface area (Å²) in [4.78, 5) is 59.8. The highest BCUT2D eigenvalue weighted by Crippen LogP contribution is 2.69. The van der Waals surface area contributed by atoms with Gasteiger partial charge in [0, 0.05) is 29.2 Å². The molecule has 1 spiro atoms. The maximum atomic E-state index is 14.5. The minimum Gasteiger partial charge on any atom is -0.314 e. The van der Waals surface area contributed by atoms with E-state index in [4.69, 9.17) is 23.2 Å². The van der Waals surface area contributed by atoms with E-state index in [1.165, 1.54) is 4.90 Å². The fourth-order valence-electron chi connectivity index (χ4n) is 7.10. The highest BCUT2D eigenvalue weighted by atomic mass is 35.5. The van der Waals surface area contributed by atoms with Gasteiger partial charge in [0.05, 0.1) is 22.0 Å². The van der Waals surface area contributed by atoms with Gasteiger partial charge in [-0.2, -0.15) is 0 Å². The minimum atomic E-state index is -1.57. The summed E-state index contributed by atoms with van der Waals surface area (Å²) in [7, 11) is 1.65. The standard InChI is InChI=1S/C30H24Cl2N2O4/c1-16-7-6-9-22(32)24(16)34-26(36)21-15-20(25(35)17-11-13-18(31)14-12-17)30(29(21,2)27(34)37)19-8-4-5-10-23(19)33(3)28(30)38/h4-14,20-21H,15H2,1-3H3/t20-,21+,29+,30-/m1/s1. The molecule has 2 fully saturated rings. The molecule has 2 aliphatic heterocycles. The maximum absolute atomic E-state index is 14.5. The molecule has 1 saturated heterocycles. The number of benzene rings is 3. The van der Waals surface area contributed by atoms with E-state index in [1.807, 2.05) is 6.07 Å². The second-order valence-corrected chi connectivity index (χ2v) is 11.3. The zero-order chi connectivity index (χ0) is 27.1.